The van der Waals surface area contributed by atoms with Crippen LogP contribution in [-0.4, -0.2) is 11.1 Å². The fraction of sp³-hybridized carbons (Fsp3) is 0.133. The summed E-state index contributed by atoms with van der Waals surface area (Å²) in [5, 5.41) is 11.9. The molecule has 2 aromatic carbocycles. The molecule has 0 saturated carbocycles. The maximum absolute atomic E-state index is 13.7. The molecule has 4 nitrogen and oxygen atoms in total. The second-order valence-corrected chi connectivity index (χ2v) is 4.57. The Kier molecular flexibility index (Phi) is 3.89. The quantitative estimate of drug-likeness (QED) is 0.749. The summed E-state index contributed by atoms with van der Waals surface area (Å²) in [5.41, 5.74) is 7.48. The zero-order valence-corrected chi connectivity index (χ0v) is 11.0. The highest BCUT2D eigenvalue weighted by Crippen LogP contribution is 2.23. The molecule has 0 unspecified atom stereocenters. The number of nitrogens with one attached hydrogen (secondary N) is 1. The number of nitrogens with two attached hydrogens (primary N) is 1. The topological polar surface area (TPSA) is 75.3 Å². The molecular formula is C15H15FN2O2. The van der Waals surface area contributed by atoms with E-state index in [1.54, 1.807) is 0 Å². The molecule has 0 aliphatic carbocycles. The fourth-order valence-electron chi connectivity index (χ4n) is 1.93. The molecule has 2 aromatic rings. The van der Waals surface area contributed by atoms with Crippen LogP contribution in [0, 0.1) is 12.7 Å². The number of carboxylic acids is 1. The Morgan fingerprint density at radius 1 is 1.35 bits per heavy atom. The number of hydrogen-bond donors (Lipinski definition) is 3. The van der Waals surface area contributed by atoms with E-state index in [9.17, 15) is 9.18 Å². The van der Waals surface area contributed by atoms with Crippen molar-refractivity contribution in [1.29, 1.82) is 0 Å². The standard InChI is InChI=1S/C15H15FN2O2/c1-9-3-2-4-10(5-9)8-18-14-6-11(15(19)20)13(17)7-12(14)16/h2-7,18H,8,17H2,1H3,(H,19,20). The van der Waals surface area contributed by atoms with Gasteiger partial charge < -0.3 is 16.2 Å². The average molecular weight is 274 g/mol. The largest absolute Gasteiger partial charge is 0.478 e. The summed E-state index contributed by atoms with van der Waals surface area (Å²) < 4.78 is 13.7. The van der Waals surface area contributed by atoms with Gasteiger partial charge in [-0.2, -0.15) is 0 Å². The van der Waals surface area contributed by atoms with Gasteiger partial charge in [0.1, 0.15) is 5.82 Å². The molecular weight excluding hydrogens is 259 g/mol. The molecule has 0 heterocycles. The summed E-state index contributed by atoms with van der Waals surface area (Å²) in [7, 11) is 0. The average Bonchev–Trinajstić information content (AvgIpc) is 2.37. The van der Waals surface area contributed by atoms with Crippen LogP contribution in [0.25, 0.3) is 0 Å². The Morgan fingerprint density at radius 3 is 2.75 bits per heavy atom. The van der Waals surface area contributed by atoms with Crippen LogP contribution in [0.5, 0.6) is 0 Å². The summed E-state index contributed by atoms with van der Waals surface area (Å²) in [6.45, 7) is 2.37. The van der Waals surface area contributed by atoms with Crippen LogP contribution in [0.2, 0.25) is 0 Å². The van der Waals surface area contributed by atoms with E-state index in [2.05, 4.69) is 5.32 Å². The zero-order chi connectivity index (χ0) is 14.7. The van der Waals surface area contributed by atoms with Crippen LogP contribution >= 0.6 is 0 Å². The minimum Gasteiger partial charge on any atom is -0.478 e. The monoisotopic (exact) mass is 274 g/mol. The molecule has 4 N–H and O–H groups in total. The summed E-state index contributed by atoms with van der Waals surface area (Å²) in [5.74, 6) is -1.75. The van der Waals surface area contributed by atoms with Crippen LogP contribution in [-0.2, 0) is 6.54 Å². The van der Waals surface area contributed by atoms with Gasteiger partial charge in [0.15, 0.2) is 0 Å². The molecule has 5 heteroatoms. The van der Waals surface area contributed by atoms with Crippen LogP contribution in [0.3, 0.4) is 0 Å². The molecule has 0 aliphatic heterocycles. The third-order valence-corrected chi connectivity index (χ3v) is 2.94. The highest BCUT2D eigenvalue weighted by molar-refractivity contribution is 5.94. The molecule has 0 atom stereocenters. The number of halogens is 1. The summed E-state index contributed by atoms with van der Waals surface area (Å²) >= 11 is 0. The van der Waals surface area contributed by atoms with Crippen molar-refractivity contribution >= 4 is 17.3 Å². The Balaban J connectivity index is 2.21. The van der Waals surface area contributed by atoms with Gasteiger partial charge in [-0.15, -0.1) is 0 Å². The van der Waals surface area contributed by atoms with E-state index in [1.807, 2.05) is 31.2 Å². The van der Waals surface area contributed by atoms with Crippen LogP contribution in [0.15, 0.2) is 36.4 Å². The Labute approximate surface area is 116 Å². The Bertz CT molecular complexity index is 656. The lowest BCUT2D eigenvalue weighted by molar-refractivity contribution is 0.0698. The predicted octanol–water partition coefficient (Wildman–Crippen LogP) is 3.03. The van der Waals surface area contributed by atoms with Gasteiger partial charge in [0.05, 0.1) is 11.3 Å². The van der Waals surface area contributed by atoms with Crippen LogP contribution in [0.1, 0.15) is 21.5 Å². The van der Waals surface area contributed by atoms with Crippen molar-refractivity contribution in [3.8, 4) is 0 Å². The molecule has 0 spiro atoms. The molecule has 0 saturated heterocycles. The normalized spacial score (nSPS) is 10.3. The number of carbonyl (C=O) groups is 1. The number of rotatable bonds is 4. The van der Waals surface area contributed by atoms with Crippen molar-refractivity contribution in [1.82, 2.24) is 0 Å². The molecule has 0 radical (unpaired) electrons. The molecule has 0 fully saturated rings. The first-order valence-corrected chi connectivity index (χ1v) is 6.09. The molecule has 0 aromatic heterocycles. The smallest absolute Gasteiger partial charge is 0.337 e. The number of benzene rings is 2. The summed E-state index contributed by atoms with van der Waals surface area (Å²) in [6.07, 6.45) is 0. The van der Waals surface area contributed by atoms with Crippen molar-refractivity contribution in [2.24, 2.45) is 0 Å². The second kappa shape index (κ2) is 5.61. The van der Waals surface area contributed by atoms with Gasteiger partial charge in [0, 0.05) is 12.2 Å². The number of aromatic carboxylic acids is 1. The highest BCUT2D eigenvalue weighted by Gasteiger charge is 2.13. The first kappa shape index (κ1) is 13.9. The number of nitrogen functional groups attached to an aromatic ring is 1. The minimum absolute atomic E-state index is 0.0869. The third kappa shape index (κ3) is 3.06. The van der Waals surface area contributed by atoms with Crippen molar-refractivity contribution in [2.75, 3.05) is 11.1 Å². The van der Waals surface area contributed by atoms with Crippen molar-refractivity contribution in [3.63, 3.8) is 0 Å². The van der Waals surface area contributed by atoms with E-state index >= 15 is 0 Å². The number of carboxylic acid groups (broad SMARTS) is 1. The van der Waals surface area contributed by atoms with E-state index in [0.29, 0.717) is 6.54 Å². The highest BCUT2D eigenvalue weighted by atomic mass is 19.1. The zero-order valence-electron chi connectivity index (χ0n) is 11.0. The molecule has 0 aliphatic rings. The Morgan fingerprint density at radius 2 is 2.10 bits per heavy atom. The SMILES string of the molecule is Cc1cccc(CNc2cc(C(=O)O)c(N)cc2F)c1. The van der Waals surface area contributed by atoms with E-state index in [-0.39, 0.29) is 16.9 Å². The lowest BCUT2D eigenvalue weighted by Gasteiger charge is -2.10. The fourth-order valence-corrected chi connectivity index (χ4v) is 1.93. The summed E-state index contributed by atoms with van der Waals surface area (Å²) in [4.78, 5) is 11.0. The first-order chi connectivity index (χ1) is 9.47. The number of hydrogen-bond acceptors (Lipinski definition) is 3. The number of anilines is 2. The van der Waals surface area contributed by atoms with Gasteiger partial charge in [0.2, 0.25) is 0 Å². The van der Waals surface area contributed by atoms with E-state index in [4.69, 9.17) is 10.8 Å². The van der Waals surface area contributed by atoms with Crippen LogP contribution in [0.4, 0.5) is 15.8 Å². The van der Waals surface area contributed by atoms with E-state index in [0.717, 1.165) is 17.2 Å². The molecule has 0 bridgehead atoms. The molecule has 104 valence electrons. The molecule has 20 heavy (non-hydrogen) atoms. The molecule has 0 amide bonds. The lowest BCUT2D eigenvalue weighted by Crippen LogP contribution is -2.07. The minimum atomic E-state index is -1.18. The van der Waals surface area contributed by atoms with Crippen molar-refractivity contribution in [2.45, 2.75) is 13.5 Å². The van der Waals surface area contributed by atoms with Gasteiger partial charge in [-0.05, 0) is 24.6 Å². The lowest BCUT2D eigenvalue weighted by atomic mass is 10.1. The predicted molar refractivity (Wildman–Crippen MR) is 76.3 cm³/mol. The van der Waals surface area contributed by atoms with Gasteiger partial charge in [0.25, 0.3) is 0 Å². The second-order valence-electron chi connectivity index (χ2n) is 4.57. The third-order valence-electron chi connectivity index (χ3n) is 2.94. The van der Waals surface area contributed by atoms with Crippen LogP contribution < -0.4 is 11.1 Å². The van der Waals surface area contributed by atoms with E-state index in [1.165, 1.54) is 6.07 Å². The number of aryl methyl sites for hydroxylation is 1. The van der Waals surface area contributed by atoms with Gasteiger partial charge in [-0.3, -0.25) is 0 Å². The summed E-state index contributed by atoms with van der Waals surface area (Å²) in [6, 6.07) is 9.99. The van der Waals surface area contributed by atoms with Gasteiger partial charge in [-0.1, -0.05) is 29.8 Å². The van der Waals surface area contributed by atoms with E-state index < -0.39 is 11.8 Å². The van der Waals surface area contributed by atoms with Gasteiger partial charge in [-0.25, -0.2) is 9.18 Å². The van der Waals surface area contributed by atoms with Crippen molar-refractivity contribution in [3.05, 3.63) is 58.9 Å². The molecule has 2 rings (SSSR count). The first-order valence-electron chi connectivity index (χ1n) is 6.09. The maximum Gasteiger partial charge on any atom is 0.337 e. The maximum atomic E-state index is 13.7. The van der Waals surface area contributed by atoms with Crippen molar-refractivity contribution < 1.29 is 14.3 Å². The Hall–Kier alpha value is -2.56. The van der Waals surface area contributed by atoms with Gasteiger partial charge >= 0.3 is 5.97 Å².